The highest BCUT2D eigenvalue weighted by atomic mass is 19.1. The second-order valence-electron chi connectivity index (χ2n) is 8.27. The summed E-state index contributed by atoms with van der Waals surface area (Å²) in [6.45, 7) is -0.273. The molecule has 1 heterocycles. The van der Waals surface area contributed by atoms with Gasteiger partial charge >= 0.3 is 0 Å². The van der Waals surface area contributed by atoms with Gasteiger partial charge in [-0.15, -0.1) is 0 Å². The van der Waals surface area contributed by atoms with E-state index in [9.17, 15) is 19.1 Å². The molecule has 0 spiro atoms. The van der Waals surface area contributed by atoms with Crippen LogP contribution in [0.2, 0.25) is 0 Å². The van der Waals surface area contributed by atoms with Gasteiger partial charge in [0.1, 0.15) is 5.82 Å². The van der Waals surface area contributed by atoms with Crippen molar-refractivity contribution in [3.63, 3.8) is 0 Å². The molecule has 3 aromatic carbocycles. The van der Waals surface area contributed by atoms with Crippen molar-refractivity contribution in [3.05, 3.63) is 101 Å². The Kier molecular flexibility index (Phi) is 3.43. The molecule has 0 aromatic heterocycles. The summed E-state index contributed by atoms with van der Waals surface area (Å²) in [6, 6.07) is 21.0. The molecule has 4 aliphatic rings. The SMILES string of the molecule is O=C1[C@@H]2C3c4ccccc4C(CO)(c4ccccc43)[C@@H]2C(=O)N1c1ccc(F)cc1. The Labute approximate surface area is 172 Å². The number of nitrogens with zero attached hydrogens (tertiary/aromatic N) is 1. The summed E-state index contributed by atoms with van der Waals surface area (Å²) in [4.78, 5) is 28.5. The van der Waals surface area contributed by atoms with Crippen molar-refractivity contribution < 1.29 is 19.1 Å². The maximum atomic E-state index is 13.7. The zero-order valence-electron chi connectivity index (χ0n) is 16.0. The van der Waals surface area contributed by atoms with Gasteiger partial charge in [0.15, 0.2) is 0 Å². The quantitative estimate of drug-likeness (QED) is 0.673. The molecule has 2 atom stereocenters. The number of benzene rings is 3. The first kappa shape index (κ1) is 17.5. The van der Waals surface area contributed by atoms with E-state index in [2.05, 4.69) is 0 Å². The molecular weight excluding hydrogens is 381 g/mol. The second-order valence-corrected chi connectivity index (χ2v) is 8.27. The highest BCUT2D eigenvalue weighted by Gasteiger charge is 2.68. The molecule has 0 unspecified atom stereocenters. The van der Waals surface area contributed by atoms with Gasteiger partial charge in [0.05, 0.1) is 29.5 Å². The van der Waals surface area contributed by atoms with Crippen molar-refractivity contribution in [2.24, 2.45) is 11.8 Å². The van der Waals surface area contributed by atoms with Gasteiger partial charge in [-0.1, -0.05) is 48.5 Å². The van der Waals surface area contributed by atoms with Crippen LogP contribution in [-0.2, 0) is 15.0 Å². The standard InChI is InChI=1S/C25H18FNO3/c26-14-9-11-15(12-10-14)27-23(29)21-20-16-5-1-3-7-18(16)25(13-28,22(21)24(27)30)19-8-4-2-6-17(19)20/h1-12,20-22,28H,13H2/t20?,21-,22+,25?/m1/s1. The lowest BCUT2D eigenvalue weighted by Gasteiger charge is -2.53. The molecule has 2 bridgehead atoms. The van der Waals surface area contributed by atoms with Crippen LogP contribution in [0.4, 0.5) is 10.1 Å². The largest absolute Gasteiger partial charge is 0.395 e. The lowest BCUT2D eigenvalue weighted by atomic mass is 9.47. The fourth-order valence-corrected chi connectivity index (χ4v) is 6.04. The van der Waals surface area contributed by atoms with Crippen molar-refractivity contribution in [1.82, 2.24) is 0 Å². The average Bonchev–Trinajstić information content (AvgIpc) is 3.05. The highest BCUT2D eigenvalue weighted by molar-refractivity contribution is 6.23. The highest BCUT2D eigenvalue weighted by Crippen LogP contribution is 2.64. The number of hydrogen-bond donors (Lipinski definition) is 1. The molecule has 3 aromatic rings. The van der Waals surface area contributed by atoms with E-state index in [0.29, 0.717) is 5.69 Å². The minimum absolute atomic E-state index is 0.252. The van der Waals surface area contributed by atoms with Crippen LogP contribution in [0.1, 0.15) is 28.2 Å². The number of anilines is 1. The van der Waals surface area contributed by atoms with Crippen molar-refractivity contribution >= 4 is 17.5 Å². The van der Waals surface area contributed by atoms with Gasteiger partial charge in [-0.3, -0.25) is 9.59 Å². The Hall–Kier alpha value is -3.31. The lowest BCUT2D eigenvalue weighted by Crippen LogP contribution is -2.55. The summed E-state index contributed by atoms with van der Waals surface area (Å²) in [7, 11) is 0. The third-order valence-electron chi connectivity index (χ3n) is 7.13. The van der Waals surface area contributed by atoms with Gasteiger partial charge in [-0.25, -0.2) is 9.29 Å². The predicted molar refractivity (Wildman–Crippen MR) is 108 cm³/mol. The molecule has 2 amide bonds. The van der Waals surface area contributed by atoms with Gasteiger partial charge in [0.25, 0.3) is 0 Å². The van der Waals surface area contributed by atoms with E-state index in [1.54, 1.807) is 0 Å². The zero-order chi connectivity index (χ0) is 20.6. The normalized spacial score (nSPS) is 28.3. The van der Waals surface area contributed by atoms with Crippen LogP contribution in [0.15, 0.2) is 72.8 Å². The Morgan fingerprint density at radius 1 is 0.833 bits per heavy atom. The molecule has 1 N–H and O–H groups in total. The van der Waals surface area contributed by atoms with E-state index in [0.717, 1.165) is 22.3 Å². The molecule has 7 rings (SSSR count). The monoisotopic (exact) mass is 399 g/mol. The molecule has 1 saturated heterocycles. The van der Waals surface area contributed by atoms with Gasteiger partial charge in [-0.2, -0.15) is 0 Å². The van der Waals surface area contributed by atoms with Crippen molar-refractivity contribution in [1.29, 1.82) is 0 Å². The van der Waals surface area contributed by atoms with Crippen LogP contribution in [0.25, 0.3) is 0 Å². The molecule has 30 heavy (non-hydrogen) atoms. The second kappa shape index (κ2) is 5.86. The molecule has 148 valence electrons. The number of amides is 2. The van der Waals surface area contributed by atoms with Crippen molar-refractivity contribution in [2.45, 2.75) is 11.3 Å². The molecule has 0 saturated carbocycles. The first-order valence-corrected chi connectivity index (χ1v) is 10.0. The van der Waals surface area contributed by atoms with Crippen LogP contribution >= 0.6 is 0 Å². The molecule has 5 heteroatoms. The maximum absolute atomic E-state index is 13.7. The predicted octanol–water partition coefficient (Wildman–Crippen LogP) is 3.37. The van der Waals surface area contributed by atoms with Crippen LogP contribution in [0, 0.1) is 17.7 Å². The molecule has 0 radical (unpaired) electrons. The van der Waals surface area contributed by atoms with Crippen LogP contribution < -0.4 is 4.90 Å². The maximum Gasteiger partial charge on any atom is 0.239 e. The van der Waals surface area contributed by atoms with E-state index in [1.807, 2.05) is 48.5 Å². The summed E-state index contributed by atoms with van der Waals surface area (Å²) in [5.74, 6) is -2.60. The summed E-state index contributed by atoms with van der Waals surface area (Å²) in [6.07, 6.45) is 0. The third kappa shape index (κ3) is 1.89. The number of carbonyl (C=O) groups is 2. The number of aliphatic hydroxyl groups excluding tert-OH is 1. The van der Waals surface area contributed by atoms with E-state index in [-0.39, 0.29) is 24.3 Å². The summed E-state index contributed by atoms with van der Waals surface area (Å²) >= 11 is 0. The molecule has 1 fully saturated rings. The summed E-state index contributed by atoms with van der Waals surface area (Å²) in [5.41, 5.74) is 3.21. The van der Waals surface area contributed by atoms with Gasteiger partial charge < -0.3 is 5.11 Å². The fourth-order valence-electron chi connectivity index (χ4n) is 6.04. The Morgan fingerprint density at radius 2 is 1.40 bits per heavy atom. The zero-order valence-corrected chi connectivity index (χ0v) is 16.0. The molecule has 1 aliphatic heterocycles. The summed E-state index contributed by atoms with van der Waals surface area (Å²) in [5, 5.41) is 10.8. The summed E-state index contributed by atoms with van der Waals surface area (Å²) < 4.78 is 13.5. The van der Waals surface area contributed by atoms with E-state index in [4.69, 9.17) is 0 Å². The first-order chi connectivity index (χ1) is 14.6. The Morgan fingerprint density at radius 3 is 1.97 bits per heavy atom. The van der Waals surface area contributed by atoms with Crippen molar-refractivity contribution in [3.8, 4) is 0 Å². The van der Waals surface area contributed by atoms with Gasteiger partial charge in [-0.05, 0) is 46.5 Å². The third-order valence-corrected chi connectivity index (χ3v) is 7.13. The number of carbonyl (C=O) groups excluding carboxylic acids is 2. The number of imide groups is 1. The first-order valence-electron chi connectivity index (χ1n) is 10.0. The number of rotatable bonds is 2. The minimum atomic E-state index is -0.978. The van der Waals surface area contributed by atoms with Crippen LogP contribution in [-0.4, -0.2) is 23.5 Å². The fraction of sp³-hybridized carbons (Fsp3) is 0.200. The topological polar surface area (TPSA) is 57.6 Å². The average molecular weight is 399 g/mol. The Bertz CT molecular complexity index is 1170. The number of halogens is 1. The number of hydrogen-bond acceptors (Lipinski definition) is 3. The van der Waals surface area contributed by atoms with E-state index < -0.39 is 23.1 Å². The smallest absolute Gasteiger partial charge is 0.239 e. The van der Waals surface area contributed by atoms with Crippen LogP contribution in [0.3, 0.4) is 0 Å². The van der Waals surface area contributed by atoms with Gasteiger partial charge in [0, 0.05) is 5.92 Å². The van der Waals surface area contributed by atoms with E-state index >= 15 is 0 Å². The Balaban J connectivity index is 1.63. The molecular formula is C25H18FNO3. The van der Waals surface area contributed by atoms with Crippen molar-refractivity contribution in [2.75, 3.05) is 11.5 Å². The van der Waals surface area contributed by atoms with Gasteiger partial charge in [0.2, 0.25) is 11.8 Å². The minimum Gasteiger partial charge on any atom is -0.395 e. The lowest BCUT2D eigenvalue weighted by molar-refractivity contribution is -0.124. The molecule has 3 aliphatic carbocycles. The number of aliphatic hydroxyl groups is 1. The van der Waals surface area contributed by atoms with E-state index in [1.165, 1.54) is 29.2 Å². The van der Waals surface area contributed by atoms with Crippen LogP contribution in [0.5, 0.6) is 0 Å². The molecule has 4 nitrogen and oxygen atoms in total.